The molecule has 2 aliphatic carbocycles. The van der Waals surface area contributed by atoms with Crippen LogP contribution in [0.2, 0.25) is 0 Å². The molecule has 162 valence electrons. The number of quaternary nitrogens is 1. The van der Waals surface area contributed by atoms with Gasteiger partial charge in [0.1, 0.15) is 23.0 Å². The molecule has 2 fully saturated rings. The molecule has 4 N–H and O–H groups in total. The van der Waals surface area contributed by atoms with E-state index in [0.29, 0.717) is 42.3 Å². The molecule has 1 amide bonds. The number of primary amides is 1. The second-order valence-electron chi connectivity index (χ2n) is 9.36. The Kier molecular flexibility index (Phi) is 4.71. The number of rotatable bonds is 4. The number of aliphatic hydroxyl groups is 1. The summed E-state index contributed by atoms with van der Waals surface area (Å²) in [6.45, 7) is 1.98. The van der Waals surface area contributed by atoms with Crippen LogP contribution in [0.1, 0.15) is 44.1 Å². The fraction of sp³-hybridized carbons (Fsp3) is 0.375. The zero-order valence-corrected chi connectivity index (χ0v) is 17.1. The summed E-state index contributed by atoms with van der Waals surface area (Å²) < 4.78 is 41.9. The van der Waals surface area contributed by atoms with E-state index < -0.39 is 11.6 Å². The van der Waals surface area contributed by atoms with Crippen molar-refractivity contribution in [3.05, 3.63) is 59.4 Å². The molecule has 31 heavy (non-hydrogen) atoms. The van der Waals surface area contributed by atoms with Crippen molar-refractivity contribution in [3.8, 4) is 11.3 Å². The Morgan fingerprint density at radius 3 is 2.42 bits per heavy atom. The summed E-state index contributed by atoms with van der Waals surface area (Å²) in [7, 11) is 0. The summed E-state index contributed by atoms with van der Waals surface area (Å²) in [5, 5.41) is 11.8. The zero-order chi connectivity index (χ0) is 21.9. The van der Waals surface area contributed by atoms with Gasteiger partial charge in [0.15, 0.2) is 0 Å². The van der Waals surface area contributed by atoms with Gasteiger partial charge < -0.3 is 10.1 Å². The van der Waals surface area contributed by atoms with Gasteiger partial charge in [-0.15, -0.1) is 0 Å². The van der Waals surface area contributed by atoms with Crippen molar-refractivity contribution in [2.75, 3.05) is 0 Å². The van der Waals surface area contributed by atoms with E-state index in [9.17, 15) is 23.1 Å². The summed E-state index contributed by atoms with van der Waals surface area (Å²) in [4.78, 5) is 15.8. The molecular formula is C24H24F3N2O2+. The molecule has 0 saturated heterocycles. The van der Waals surface area contributed by atoms with Crippen LogP contribution in [0.4, 0.5) is 13.2 Å². The number of halogens is 3. The maximum atomic E-state index is 14.5. The molecule has 7 heteroatoms. The second-order valence-corrected chi connectivity index (χ2v) is 9.36. The van der Waals surface area contributed by atoms with E-state index in [4.69, 9.17) is 0 Å². The summed E-state index contributed by atoms with van der Waals surface area (Å²) >= 11 is 0. The van der Waals surface area contributed by atoms with Gasteiger partial charge in [0, 0.05) is 24.3 Å². The SMILES string of the molecule is CC1([NH2+]C(=O)C2CC(c3c(-c4ccc(F)cc4)[nH]c4c(F)cc(F)cc34)C2)CC(O)C1. The minimum Gasteiger partial charge on any atom is -0.393 e. The first kappa shape index (κ1) is 20.3. The Bertz CT molecular complexity index is 1160. The van der Waals surface area contributed by atoms with Crippen molar-refractivity contribution >= 4 is 16.8 Å². The Morgan fingerprint density at radius 2 is 1.77 bits per heavy atom. The van der Waals surface area contributed by atoms with Gasteiger partial charge in [0.05, 0.1) is 23.2 Å². The van der Waals surface area contributed by atoms with Crippen molar-refractivity contribution in [2.45, 2.75) is 50.2 Å². The number of fused-ring (bicyclic) bond motifs is 1. The highest BCUT2D eigenvalue weighted by Gasteiger charge is 2.48. The first-order chi connectivity index (χ1) is 14.7. The summed E-state index contributed by atoms with van der Waals surface area (Å²) in [6.07, 6.45) is 2.05. The molecule has 3 aromatic rings. The lowest BCUT2D eigenvalue weighted by atomic mass is 9.68. The van der Waals surface area contributed by atoms with Gasteiger partial charge in [-0.25, -0.2) is 18.0 Å². The molecule has 2 aliphatic rings. The normalized spacial score (nSPS) is 27.7. The van der Waals surface area contributed by atoms with Crippen molar-refractivity contribution in [1.29, 1.82) is 0 Å². The van der Waals surface area contributed by atoms with E-state index in [1.807, 2.05) is 6.92 Å². The fourth-order valence-electron chi connectivity index (χ4n) is 5.19. The molecule has 0 radical (unpaired) electrons. The van der Waals surface area contributed by atoms with Crippen LogP contribution in [0.25, 0.3) is 22.2 Å². The van der Waals surface area contributed by atoms with Gasteiger partial charge >= 0.3 is 5.91 Å². The fourth-order valence-corrected chi connectivity index (χ4v) is 5.19. The molecule has 4 nitrogen and oxygen atoms in total. The standard InChI is InChI=1S/C24H23F3N2O2/c1-24(10-17(30)11-24)29-23(31)14-6-13(7-14)20-18-8-16(26)9-19(27)22(18)28-21(20)12-2-4-15(25)5-3-12/h2-5,8-9,13-14,17,28,30H,6-7,10-11H2,1H3,(H,29,31)/p+1. The minimum atomic E-state index is -0.679. The van der Waals surface area contributed by atoms with Crippen LogP contribution in [0.3, 0.4) is 0 Å². The maximum Gasteiger partial charge on any atom is 0.313 e. The Balaban J connectivity index is 1.45. The lowest BCUT2D eigenvalue weighted by Gasteiger charge is -2.41. The van der Waals surface area contributed by atoms with Crippen LogP contribution in [0.5, 0.6) is 0 Å². The third kappa shape index (κ3) is 3.55. The van der Waals surface area contributed by atoms with Gasteiger partial charge in [-0.2, -0.15) is 0 Å². The van der Waals surface area contributed by atoms with Crippen LogP contribution in [-0.2, 0) is 4.79 Å². The number of nitrogens with two attached hydrogens (primary N) is 1. The average Bonchev–Trinajstić information content (AvgIpc) is 2.99. The Labute approximate surface area is 177 Å². The number of carbonyl (C=O) groups excluding carboxylic acids is 1. The lowest BCUT2D eigenvalue weighted by molar-refractivity contribution is -0.664. The predicted molar refractivity (Wildman–Crippen MR) is 110 cm³/mol. The smallest absolute Gasteiger partial charge is 0.313 e. The van der Waals surface area contributed by atoms with E-state index in [1.165, 1.54) is 18.2 Å². The van der Waals surface area contributed by atoms with Crippen molar-refractivity contribution in [3.63, 3.8) is 0 Å². The van der Waals surface area contributed by atoms with E-state index in [-0.39, 0.29) is 40.7 Å². The van der Waals surface area contributed by atoms with Gasteiger partial charge in [-0.3, -0.25) is 5.32 Å². The van der Waals surface area contributed by atoms with Crippen LogP contribution in [-0.4, -0.2) is 27.6 Å². The maximum absolute atomic E-state index is 14.5. The molecule has 0 unspecified atom stereocenters. The highest BCUT2D eigenvalue weighted by molar-refractivity contribution is 5.92. The number of hydrogen-bond acceptors (Lipinski definition) is 2. The van der Waals surface area contributed by atoms with Crippen molar-refractivity contribution in [2.24, 2.45) is 5.92 Å². The van der Waals surface area contributed by atoms with E-state index in [1.54, 1.807) is 17.4 Å². The first-order valence-corrected chi connectivity index (χ1v) is 10.6. The molecule has 0 spiro atoms. The molecule has 5 rings (SSSR count). The van der Waals surface area contributed by atoms with Crippen LogP contribution in [0, 0.1) is 23.4 Å². The van der Waals surface area contributed by atoms with Crippen LogP contribution >= 0.6 is 0 Å². The van der Waals surface area contributed by atoms with Crippen molar-refractivity contribution in [1.82, 2.24) is 4.98 Å². The number of nitrogens with one attached hydrogen (secondary N) is 1. The number of aromatic nitrogens is 1. The highest BCUT2D eigenvalue weighted by atomic mass is 19.1. The number of amides is 1. The van der Waals surface area contributed by atoms with Crippen molar-refractivity contribution < 1.29 is 28.4 Å². The lowest BCUT2D eigenvalue weighted by Crippen LogP contribution is -3.02. The summed E-state index contributed by atoms with van der Waals surface area (Å²) in [5.74, 6) is -1.81. The number of aromatic amines is 1. The first-order valence-electron chi connectivity index (χ1n) is 10.6. The van der Waals surface area contributed by atoms with Gasteiger partial charge in [0.2, 0.25) is 0 Å². The topological polar surface area (TPSA) is 69.7 Å². The molecule has 0 bridgehead atoms. The zero-order valence-electron chi connectivity index (χ0n) is 17.1. The number of carbonyl (C=O) groups is 1. The molecule has 2 saturated carbocycles. The van der Waals surface area contributed by atoms with Gasteiger partial charge in [-0.1, -0.05) is 0 Å². The third-order valence-corrected chi connectivity index (χ3v) is 6.84. The van der Waals surface area contributed by atoms with E-state index in [2.05, 4.69) is 4.98 Å². The molecule has 1 heterocycles. The number of benzene rings is 2. The Morgan fingerprint density at radius 1 is 1.10 bits per heavy atom. The number of H-pyrrole nitrogens is 1. The summed E-state index contributed by atoms with van der Waals surface area (Å²) in [5.41, 5.74) is 2.06. The van der Waals surface area contributed by atoms with Gasteiger partial charge in [0.25, 0.3) is 0 Å². The largest absolute Gasteiger partial charge is 0.393 e. The molecule has 0 atom stereocenters. The molecule has 0 aliphatic heterocycles. The third-order valence-electron chi connectivity index (χ3n) is 6.84. The number of aliphatic hydroxyl groups excluding tert-OH is 1. The van der Waals surface area contributed by atoms with Crippen LogP contribution in [0.15, 0.2) is 36.4 Å². The Hall–Kier alpha value is -2.64. The highest BCUT2D eigenvalue weighted by Crippen LogP contribution is 2.48. The van der Waals surface area contributed by atoms with E-state index in [0.717, 1.165) is 11.6 Å². The van der Waals surface area contributed by atoms with Crippen LogP contribution < -0.4 is 5.32 Å². The second kappa shape index (κ2) is 7.21. The number of hydrogen-bond donors (Lipinski definition) is 3. The summed E-state index contributed by atoms with van der Waals surface area (Å²) in [6, 6.07) is 8.03. The molecular weight excluding hydrogens is 405 g/mol. The average molecular weight is 429 g/mol. The van der Waals surface area contributed by atoms with E-state index >= 15 is 0 Å². The van der Waals surface area contributed by atoms with Gasteiger partial charge in [-0.05, 0) is 67.1 Å². The monoisotopic (exact) mass is 429 g/mol. The minimum absolute atomic E-state index is 0.0304. The predicted octanol–water partition coefficient (Wildman–Crippen LogP) is 3.75. The molecule has 2 aromatic carbocycles. The molecule has 1 aromatic heterocycles. The quantitative estimate of drug-likeness (QED) is 0.591.